The minimum atomic E-state index is -3.90. The number of sulfone groups is 1. The fraction of sp³-hybridized carbons (Fsp3) is 0.577. The minimum Gasteiger partial charge on any atom is -0.365 e. The molecule has 10 rings (SSSR count). The first-order chi connectivity index (χ1) is 38.1. The van der Waals surface area contributed by atoms with Gasteiger partial charge in [0.2, 0.25) is 25.3 Å². The second kappa shape index (κ2) is 24.1. The maximum Gasteiger partial charge on any atom is 0.226 e. The van der Waals surface area contributed by atoms with Crippen LogP contribution in [-0.2, 0) is 69.5 Å². The van der Waals surface area contributed by atoms with E-state index in [9.17, 15) is 17.5 Å². The molecule has 2 N–H and O–H groups in total. The van der Waals surface area contributed by atoms with Gasteiger partial charge in [0.1, 0.15) is 47.6 Å². The third-order valence-electron chi connectivity index (χ3n) is 12.8. The summed E-state index contributed by atoms with van der Waals surface area (Å²) in [6.07, 6.45) is -1.75. The molecule has 22 nitrogen and oxygen atoms in total. The van der Waals surface area contributed by atoms with E-state index in [-0.39, 0.29) is 22.8 Å². The fourth-order valence-electron chi connectivity index (χ4n) is 10.3. The van der Waals surface area contributed by atoms with Gasteiger partial charge in [-0.1, -0.05) is 59.6 Å². The summed E-state index contributed by atoms with van der Waals surface area (Å²) in [5.74, 6) is -0.744. The smallest absolute Gasteiger partial charge is 0.226 e. The van der Waals surface area contributed by atoms with Crippen LogP contribution < -0.4 is 10.6 Å². The second-order valence-corrected chi connectivity index (χ2v) is 34.0. The van der Waals surface area contributed by atoms with Crippen molar-refractivity contribution < 1.29 is 55.0 Å². The Balaban J connectivity index is 0.000000198. The monoisotopic (exact) mass is 1290 g/mol. The molecule has 30 heteroatoms. The van der Waals surface area contributed by atoms with Gasteiger partial charge in [0.25, 0.3) is 0 Å². The van der Waals surface area contributed by atoms with Crippen LogP contribution in [0.2, 0.25) is 20.6 Å². The highest BCUT2D eigenvalue weighted by Gasteiger charge is 2.58. The lowest BCUT2D eigenvalue weighted by Gasteiger charge is -2.26. The van der Waals surface area contributed by atoms with E-state index in [1.807, 2.05) is 77.1 Å². The molecule has 82 heavy (non-hydrogen) atoms. The highest BCUT2D eigenvalue weighted by Crippen LogP contribution is 2.52. The second-order valence-electron chi connectivity index (χ2n) is 23.5. The van der Waals surface area contributed by atoms with Crippen molar-refractivity contribution in [2.75, 3.05) is 46.5 Å². The predicted molar refractivity (Wildman–Crippen MR) is 318 cm³/mol. The topological polar surface area (TPSA) is 253 Å². The zero-order valence-electron chi connectivity index (χ0n) is 47.3. The lowest BCUT2D eigenvalue weighted by molar-refractivity contribution is -0.195. The van der Waals surface area contributed by atoms with Crippen molar-refractivity contribution in [3.63, 3.8) is 0 Å². The van der Waals surface area contributed by atoms with Gasteiger partial charge in [0.15, 0.2) is 45.2 Å². The normalized spacial score (nSPS) is 25.6. The van der Waals surface area contributed by atoms with E-state index in [0.29, 0.717) is 68.1 Å². The fourth-order valence-corrected chi connectivity index (χ4v) is 20.0. The molecule has 0 bridgehead atoms. The Labute approximate surface area is 501 Å². The molecule has 0 aliphatic carbocycles. The van der Waals surface area contributed by atoms with Gasteiger partial charge in [-0.2, -0.15) is 30.1 Å². The molecule has 0 amide bonds. The number of halogens is 4. The minimum absolute atomic E-state index is 0.0268. The van der Waals surface area contributed by atoms with E-state index in [2.05, 4.69) is 40.8 Å². The van der Waals surface area contributed by atoms with E-state index in [1.165, 1.54) is 23.1 Å². The third kappa shape index (κ3) is 15.5. The molecule has 6 aromatic rings. The molecule has 4 fully saturated rings. The number of nitrogens with zero attached hydrogens (tertiary/aromatic N) is 8. The van der Waals surface area contributed by atoms with Crippen LogP contribution in [0.15, 0.2) is 60.9 Å². The zero-order chi connectivity index (χ0) is 59.5. The summed E-state index contributed by atoms with van der Waals surface area (Å²) in [7, 11) is -10.2. The third-order valence-corrected chi connectivity index (χ3v) is 23.2. The maximum absolute atomic E-state index is 13.2. The summed E-state index contributed by atoms with van der Waals surface area (Å²) < 4.78 is 105. The number of ether oxygens (including phenoxy) is 6. The van der Waals surface area contributed by atoms with Gasteiger partial charge in [-0.15, -0.1) is 11.8 Å². The van der Waals surface area contributed by atoms with Crippen molar-refractivity contribution >= 4 is 116 Å². The number of hydrogen-bond acceptors (Lipinski definition) is 21. The molecule has 0 spiro atoms. The number of aromatic nitrogens is 8. The van der Waals surface area contributed by atoms with Crippen molar-refractivity contribution in [2.45, 2.75) is 154 Å². The first-order valence-corrected chi connectivity index (χ1v) is 35.2. The molecular formula is C52H68Cl4N10O12P2S2. The molecule has 8 heterocycles. The van der Waals surface area contributed by atoms with Gasteiger partial charge in [-0.3, -0.25) is 9.13 Å². The SMILES string of the molecule is CC(C)(C)OP(C)(=O)CS(=O)(=O)C[C@H]1O[C@@H](n2ncc3c(NCc4ccccc4Cl)nc(Cl)nc32)[C@@H]2OC(C)(C)O[C@@H]21.CC(C)(C)OP(C)(=O)CSC[C@H]1O[C@@H](n2ncc3c(NCc4ccccc4Cl)nc(Cl)nc32)[C@@H]2OC(C)(C)O[C@@H]21. The molecule has 2 unspecified atom stereocenters. The van der Waals surface area contributed by atoms with Crippen LogP contribution in [0.5, 0.6) is 0 Å². The van der Waals surface area contributed by atoms with Crippen molar-refractivity contribution in [3.8, 4) is 0 Å². The van der Waals surface area contributed by atoms with Gasteiger partial charge in [0, 0.05) is 42.2 Å². The number of hydrogen-bond donors (Lipinski definition) is 2. The average molecular weight is 1290 g/mol. The molecule has 448 valence electrons. The average Bonchev–Trinajstić information content (AvgIpc) is 4.23. The highest BCUT2D eigenvalue weighted by molar-refractivity contribution is 8.05. The summed E-state index contributed by atoms with van der Waals surface area (Å²) >= 11 is 26.8. The van der Waals surface area contributed by atoms with Gasteiger partial charge < -0.3 is 48.1 Å². The molecule has 4 saturated heterocycles. The Morgan fingerprint density at radius 2 is 1.05 bits per heavy atom. The molecule has 0 radical (unpaired) electrons. The lowest BCUT2D eigenvalue weighted by atomic mass is 10.1. The van der Waals surface area contributed by atoms with Crippen LogP contribution in [-0.4, -0.2) is 143 Å². The van der Waals surface area contributed by atoms with E-state index in [0.717, 1.165) is 11.1 Å². The Morgan fingerprint density at radius 1 is 0.634 bits per heavy atom. The van der Waals surface area contributed by atoms with Crippen molar-refractivity contribution in [1.29, 1.82) is 0 Å². The van der Waals surface area contributed by atoms with Gasteiger partial charge in [-0.05, 0) is 116 Å². The summed E-state index contributed by atoms with van der Waals surface area (Å²) in [6, 6.07) is 15.0. The van der Waals surface area contributed by atoms with Crippen LogP contribution in [0.4, 0.5) is 11.6 Å². The number of fused-ring (bicyclic) bond motifs is 4. The Morgan fingerprint density at radius 3 is 1.50 bits per heavy atom. The first-order valence-electron chi connectivity index (χ1n) is 26.2. The van der Waals surface area contributed by atoms with E-state index in [4.69, 9.17) is 83.9 Å². The van der Waals surface area contributed by atoms with E-state index < -0.39 is 95.5 Å². The first kappa shape index (κ1) is 63.2. The number of nitrogens with one attached hydrogen (secondary N) is 2. The van der Waals surface area contributed by atoms with Crippen LogP contribution in [0, 0.1) is 0 Å². The summed E-state index contributed by atoms with van der Waals surface area (Å²) in [5, 5.41) is 18.2. The molecule has 4 aliphatic heterocycles. The molecular weight excluding hydrogens is 1220 g/mol. The zero-order valence-corrected chi connectivity index (χ0v) is 53.8. The van der Waals surface area contributed by atoms with Crippen LogP contribution in [0.1, 0.15) is 92.8 Å². The van der Waals surface area contributed by atoms with Crippen LogP contribution in [0.25, 0.3) is 22.1 Å². The number of benzene rings is 2. The Kier molecular flexibility index (Phi) is 18.6. The van der Waals surface area contributed by atoms with Crippen molar-refractivity contribution in [1.82, 2.24) is 39.5 Å². The molecule has 10 atom stereocenters. The summed E-state index contributed by atoms with van der Waals surface area (Å²) in [6.45, 7) is 21.9. The standard InChI is InChI=1S/C26H34Cl2N5O7PS.C26H34Cl2N5O5PS/c1-25(2,3)40-41(6,34)14-42(35,36)13-18-19-20(39-26(4,5)38-19)23(37-18)33-22-16(12-30-33)21(31-24(28)32-22)29-11-15-9-7-8-10-17(15)27;1-25(2,3)38-39(6,34)14-40-13-18-19-20(37-26(4,5)36-19)23(35-18)33-22-16(12-30-33)21(31-24(28)32-22)29-11-15-9-7-8-10-17(15)27/h7-10,12,18-20,23H,11,13-14H2,1-6H3,(H,29,31,32);7-10,12,18-20,23H,11,13-14H2,1-6H3,(H,29,31,32)/t18-,19-,20-,23-,41?;18-,19-,20-,23-,39?/m11/s1. The number of rotatable bonds is 18. The molecule has 4 aromatic heterocycles. The Hall–Kier alpha value is -3.26. The van der Waals surface area contributed by atoms with Gasteiger partial charge >= 0.3 is 0 Å². The van der Waals surface area contributed by atoms with E-state index >= 15 is 0 Å². The highest BCUT2D eigenvalue weighted by atomic mass is 35.5. The predicted octanol–water partition coefficient (Wildman–Crippen LogP) is 11.8. The van der Waals surface area contributed by atoms with Gasteiger partial charge in [0.05, 0.1) is 51.7 Å². The Bertz CT molecular complexity index is 3530. The quantitative estimate of drug-likeness (QED) is 0.0599. The van der Waals surface area contributed by atoms with Crippen molar-refractivity contribution in [2.24, 2.45) is 0 Å². The van der Waals surface area contributed by atoms with Crippen LogP contribution >= 0.6 is 72.9 Å². The summed E-state index contributed by atoms with van der Waals surface area (Å²) in [5.41, 5.74) is 1.13. The lowest BCUT2D eigenvalue weighted by Crippen LogP contribution is -2.35. The number of thioether (sulfide) groups is 1. The largest absolute Gasteiger partial charge is 0.365 e. The molecule has 2 aromatic carbocycles. The molecule has 0 saturated carbocycles. The van der Waals surface area contributed by atoms with Crippen molar-refractivity contribution in [3.05, 3.63) is 92.7 Å². The number of anilines is 2. The van der Waals surface area contributed by atoms with Crippen LogP contribution in [0.3, 0.4) is 0 Å². The van der Waals surface area contributed by atoms with Gasteiger partial charge in [-0.25, -0.2) is 17.8 Å². The maximum atomic E-state index is 13.2. The van der Waals surface area contributed by atoms with E-state index in [1.54, 1.807) is 64.4 Å². The molecule has 4 aliphatic rings. The summed E-state index contributed by atoms with van der Waals surface area (Å²) in [4.78, 5) is 17.6.